The lowest BCUT2D eigenvalue weighted by Gasteiger charge is -2.42. The Labute approximate surface area is 277 Å². The number of nitrogens with zero attached hydrogens (tertiary/aromatic N) is 5. The molecule has 1 N–H and O–H groups in total. The Morgan fingerprint density at radius 1 is 1.12 bits per heavy atom. The lowest BCUT2D eigenvalue weighted by Crippen LogP contribution is -2.52. The molecule has 48 heavy (non-hydrogen) atoms. The summed E-state index contributed by atoms with van der Waals surface area (Å²) in [7, 11) is 0. The number of morpholine rings is 1. The molecule has 3 aliphatic rings. The number of benzene rings is 1. The van der Waals surface area contributed by atoms with Crippen molar-refractivity contribution >= 4 is 23.9 Å². The van der Waals surface area contributed by atoms with Crippen LogP contribution in [0.25, 0.3) is 0 Å². The van der Waals surface area contributed by atoms with Crippen molar-refractivity contribution in [3.05, 3.63) is 41.2 Å². The molecule has 0 spiro atoms. The Morgan fingerprint density at radius 3 is 2.52 bits per heavy atom. The number of rotatable bonds is 9. The van der Waals surface area contributed by atoms with Gasteiger partial charge in [-0.15, -0.1) is 0 Å². The molecule has 0 saturated carbocycles. The molecule has 1 aromatic carbocycles. The summed E-state index contributed by atoms with van der Waals surface area (Å²) in [4.78, 5) is 47.2. The predicted octanol–water partition coefficient (Wildman–Crippen LogP) is 4.45. The summed E-state index contributed by atoms with van der Waals surface area (Å²) in [5.41, 5.74) is 1.17. The molecular weight excluding hydrogens is 635 g/mol. The second-order valence-corrected chi connectivity index (χ2v) is 13.6. The summed E-state index contributed by atoms with van der Waals surface area (Å²) in [6.45, 7) is 8.87. The number of carboxylic acids is 1. The SMILES string of the molecule is CC(C1c2cc(OCCc3cn4c(n3)N(C(=O)OC(C)(C)C)CCC4)ccc2C[C@@H](CC(=O)O)C(=O)N1CC(F)(F)F)N1CCOCC1. The maximum absolute atomic E-state index is 14.0. The molecule has 2 amide bonds. The van der Waals surface area contributed by atoms with Crippen LogP contribution in [-0.4, -0.2) is 106 Å². The van der Waals surface area contributed by atoms with Gasteiger partial charge in [-0.3, -0.25) is 14.5 Å². The van der Waals surface area contributed by atoms with Crippen molar-refractivity contribution in [2.24, 2.45) is 5.92 Å². The zero-order valence-electron chi connectivity index (χ0n) is 27.8. The molecule has 4 heterocycles. The number of anilines is 1. The Balaban J connectivity index is 1.39. The van der Waals surface area contributed by atoms with Gasteiger partial charge in [0.25, 0.3) is 0 Å². The molecule has 264 valence electrons. The van der Waals surface area contributed by atoms with Gasteiger partial charge in [0.05, 0.1) is 43.9 Å². The van der Waals surface area contributed by atoms with Gasteiger partial charge in [-0.2, -0.15) is 13.2 Å². The van der Waals surface area contributed by atoms with Crippen molar-refractivity contribution < 1.29 is 46.9 Å². The summed E-state index contributed by atoms with van der Waals surface area (Å²) >= 11 is 0. The van der Waals surface area contributed by atoms with Crippen molar-refractivity contribution in [2.75, 3.05) is 50.9 Å². The molecular formula is C33H44F3N5O7. The highest BCUT2D eigenvalue weighted by molar-refractivity contribution is 5.86. The Morgan fingerprint density at radius 2 is 1.85 bits per heavy atom. The fourth-order valence-electron chi connectivity index (χ4n) is 6.68. The number of carboxylic acid groups (broad SMARTS) is 1. The number of aromatic nitrogens is 2. The van der Waals surface area contributed by atoms with E-state index in [4.69, 9.17) is 14.2 Å². The maximum Gasteiger partial charge on any atom is 0.417 e. The van der Waals surface area contributed by atoms with Crippen LogP contribution in [0.4, 0.5) is 23.9 Å². The summed E-state index contributed by atoms with van der Waals surface area (Å²) in [5.74, 6) is -2.33. The molecule has 1 saturated heterocycles. The van der Waals surface area contributed by atoms with Gasteiger partial charge in [-0.05, 0) is 63.8 Å². The zero-order valence-corrected chi connectivity index (χ0v) is 27.8. The van der Waals surface area contributed by atoms with E-state index in [0.29, 0.717) is 74.3 Å². The van der Waals surface area contributed by atoms with Crippen LogP contribution in [0.3, 0.4) is 0 Å². The number of hydrogen-bond donors (Lipinski definition) is 1. The van der Waals surface area contributed by atoms with Gasteiger partial charge in [0.1, 0.15) is 17.9 Å². The van der Waals surface area contributed by atoms with Crippen LogP contribution >= 0.6 is 0 Å². The Bertz CT molecular complexity index is 1480. The Hall–Kier alpha value is -3.85. The summed E-state index contributed by atoms with van der Waals surface area (Å²) in [6.07, 6.45) is -2.74. The standard InChI is InChI=1S/C33H44F3N5O7/c1-21(38-11-14-46-15-12-38)28-26-18-25(7-6-22(26)16-23(17-27(42)43)29(44)41(28)20-33(34,35)36)47-13-8-24-19-39-9-5-10-40(30(39)37-24)31(45)48-32(2,3)4/h6-7,18-19,21,23,28H,5,8-17,20H2,1-4H3,(H,42,43)/t21?,23-,28?/m0/s1. The van der Waals surface area contributed by atoms with Gasteiger partial charge in [-0.25, -0.2) is 14.7 Å². The van der Waals surface area contributed by atoms with Crippen molar-refractivity contribution in [1.29, 1.82) is 0 Å². The molecule has 0 bridgehead atoms. The van der Waals surface area contributed by atoms with Gasteiger partial charge in [0.15, 0.2) is 0 Å². The first-order valence-electron chi connectivity index (χ1n) is 16.3. The third kappa shape index (κ3) is 8.59. The molecule has 0 aliphatic carbocycles. The fraction of sp³-hybridized carbons (Fsp3) is 0.636. The largest absolute Gasteiger partial charge is 0.493 e. The Kier molecular flexibility index (Phi) is 10.6. The first-order valence-corrected chi connectivity index (χ1v) is 16.3. The molecule has 1 fully saturated rings. The van der Waals surface area contributed by atoms with Crippen molar-refractivity contribution in [3.8, 4) is 5.75 Å². The topological polar surface area (TPSA) is 127 Å². The number of imidazole rings is 1. The number of alkyl halides is 3. The van der Waals surface area contributed by atoms with Gasteiger partial charge in [0.2, 0.25) is 11.9 Å². The van der Waals surface area contributed by atoms with E-state index < -0.39 is 60.7 Å². The number of fused-ring (bicyclic) bond motifs is 2. The monoisotopic (exact) mass is 679 g/mol. The first kappa shape index (κ1) is 35.5. The van der Waals surface area contributed by atoms with E-state index in [1.54, 1.807) is 45.9 Å². The van der Waals surface area contributed by atoms with Crippen LogP contribution in [-0.2, 0) is 38.4 Å². The highest BCUT2D eigenvalue weighted by atomic mass is 19.4. The number of amides is 2. The molecule has 3 aliphatic heterocycles. The van der Waals surface area contributed by atoms with E-state index in [1.165, 1.54) is 4.90 Å². The number of hydrogen-bond acceptors (Lipinski definition) is 8. The highest BCUT2D eigenvalue weighted by Crippen LogP contribution is 2.40. The molecule has 1 aromatic heterocycles. The van der Waals surface area contributed by atoms with Gasteiger partial charge >= 0.3 is 18.2 Å². The molecule has 15 heteroatoms. The number of ether oxygens (including phenoxy) is 3. The van der Waals surface area contributed by atoms with Gasteiger partial charge < -0.3 is 28.8 Å². The third-order valence-corrected chi connectivity index (χ3v) is 8.79. The smallest absolute Gasteiger partial charge is 0.417 e. The maximum atomic E-state index is 14.0. The van der Waals surface area contributed by atoms with E-state index in [9.17, 15) is 32.7 Å². The number of halogens is 3. The van der Waals surface area contributed by atoms with Gasteiger partial charge in [-0.1, -0.05) is 6.07 Å². The third-order valence-electron chi connectivity index (χ3n) is 8.79. The number of aliphatic carboxylic acids is 1. The predicted molar refractivity (Wildman–Crippen MR) is 168 cm³/mol. The first-order chi connectivity index (χ1) is 22.6. The van der Waals surface area contributed by atoms with Crippen LogP contribution in [0.15, 0.2) is 24.4 Å². The summed E-state index contributed by atoms with van der Waals surface area (Å²) in [5, 5.41) is 9.53. The summed E-state index contributed by atoms with van der Waals surface area (Å²) in [6, 6.07) is 3.56. The average Bonchev–Trinajstić information content (AvgIpc) is 3.38. The van der Waals surface area contributed by atoms with E-state index in [2.05, 4.69) is 4.98 Å². The van der Waals surface area contributed by atoms with Crippen LogP contribution in [0.2, 0.25) is 0 Å². The van der Waals surface area contributed by atoms with Crippen LogP contribution in [0.5, 0.6) is 5.75 Å². The van der Waals surface area contributed by atoms with Crippen LogP contribution < -0.4 is 9.64 Å². The minimum Gasteiger partial charge on any atom is -0.493 e. The van der Waals surface area contributed by atoms with Crippen LogP contribution in [0, 0.1) is 5.92 Å². The second kappa shape index (κ2) is 14.3. The quantitative estimate of drug-likeness (QED) is 0.409. The molecule has 5 rings (SSSR count). The van der Waals surface area contributed by atoms with Gasteiger partial charge in [0, 0.05) is 44.8 Å². The molecule has 12 nitrogen and oxygen atoms in total. The fourth-order valence-corrected chi connectivity index (χ4v) is 6.68. The van der Waals surface area contributed by atoms with Crippen LogP contribution in [0.1, 0.15) is 63.4 Å². The number of aryl methyl sites for hydroxylation is 1. The van der Waals surface area contributed by atoms with Crippen molar-refractivity contribution in [3.63, 3.8) is 0 Å². The second-order valence-electron chi connectivity index (χ2n) is 13.6. The van der Waals surface area contributed by atoms with E-state index in [0.717, 1.165) is 11.3 Å². The number of carbonyl (C=O) groups is 3. The molecule has 0 radical (unpaired) electrons. The number of carbonyl (C=O) groups excluding carboxylic acids is 2. The molecule has 2 unspecified atom stereocenters. The highest BCUT2D eigenvalue weighted by Gasteiger charge is 2.45. The van der Waals surface area contributed by atoms with E-state index >= 15 is 0 Å². The minimum atomic E-state index is -4.70. The van der Waals surface area contributed by atoms with Crippen molar-refractivity contribution in [2.45, 2.75) is 83.8 Å². The molecule has 2 aromatic rings. The minimum absolute atomic E-state index is 0.00417. The lowest BCUT2D eigenvalue weighted by molar-refractivity contribution is -0.172. The lowest BCUT2D eigenvalue weighted by atomic mass is 9.90. The summed E-state index contributed by atoms with van der Waals surface area (Å²) < 4.78 is 61.1. The zero-order chi connectivity index (χ0) is 34.8. The average molecular weight is 680 g/mol. The van der Waals surface area contributed by atoms with E-state index in [-0.39, 0.29) is 13.0 Å². The normalized spacial score (nSPS) is 21.3. The molecule has 3 atom stereocenters. The van der Waals surface area contributed by atoms with Crippen molar-refractivity contribution in [1.82, 2.24) is 19.4 Å². The van der Waals surface area contributed by atoms with E-state index in [1.807, 2.05) is 15.7 Å².